The molecule has 0 bridgehead atoms. The standard InChI is InChI=1S/C14H20BrClN2/c1-10(13-6-5-11(15)8-14(13)16)18-7-3-4-12(9-18)17-2/h5-6,8,10,12,17H,3-4,7,9H2,1-2H3. The van der Waals surface area contributed by atoms with Crippen LogP contribution in [-0.4, -0.2) is 31.1 Å². The molecule has 2 nitrogen and oxygen atoms in total. The van der Waals surface area contributed by atoms with Crippen molar-refractivity contribution in [2.45, 2.75) is 31.8 Å². The van der Waals surface area contributed by atoms with Gasteiger partial charge in [0.2, 0.25) is 0 Å². The van der Waals surface area contributed by atoms with Crippen LogP contribution in [0, 0.1) is 0 Å². The van der Waals surface area contributed by atoms with Crippen molar-refractivity contribution in [1.29, 1.82) is 0 Å². The number of nitrogens with one attached hydrogen (secondary N) is 1. The van der Waals surface area contributed by atoms with Gasteiger partial charge in [0.15, 0.2) is 0 Å². The molecule has 0 aromatic heterocycles. The molecule has 18 heavy (non-hydrogen) atoms. The van der Waals surface area contributed by atoms with E-state index in [0.29, 0.717) is 12.1 Å². The van der Waals surface area contributed by atoms with E-state index in [1.807, 2.05) is 13.1 Å². The molecule has 1 heterocycles. The Labute approximate surface area is 123 Å². The zero-order valence-electron chi connectivity index (χ0n) is 10.9. The van der Waals surface area contributed by atoms with Crippen LogP contribution < -0.4 is 5.32 Å². The minimum absolute atomic E-state index is 0.377. The average Bonchev–Trinajstić information content (AvgIpc) is 2.38. The Morgan fingerprint density at radius 2 is 2.28 bits per heavy atom. The van der Waals surface area contributed by atoms with Gasteiger partial charge in [0.05, 0.1) is 0 Å². The van der Waals surface area contributed by atoms with Crippen molar-refractivity contribution in [1.82, 2.24) is 10.2 Å². The van der Waals surface area contributed by atoms with Gasteiger partial charge in [0.1, 0.15) is 0 Å². The molecule has 1 fully saturated rings. The van der Waals surface area contributed by atoms with Crippen molar-refractivity contribution in [3.8, 4) is 0 Å². The van der Waals surface area contributed by atoms with E-state index in [0.717, 1.165) is 22.6 Å². The number of benzene rings is 1. The number of hydrogen-bond donors (Lipinski definition) is 1. The fraction of sp³-hybridized carbons (Fsp3) is 0.571. The molecule has 1 aromatic carbocycles. The molecule has 2 rings (SSSR count). The monoisotopic (exact) mass is 330 g/mol. The number of hydrogen-bond acceptors (Lipinski definition) is 2. The van der Waals surface area contributed by atoms with Crippen LogP contribution in [0.15, 0.2) is 22.7 Å². The first-order valence-electron chi connectivity index (χ1n) is 6.48. The Morgan fingerprint density at radius 3 is 2.94 bits per heavy atom. The number of piperidine rings is 1. The minimum Gasteiger partial charge on any atom is -0.316 e. The third-order valence-electron chi connectivity index (χ3n) is 3.82. The summed E-state index contributed by atoms with van der Waals surface area (Å²) in [6.07, 6.45) is 2.53. The Balaban J connectivity index is 2.12. The van der Waals surface area contributed by atoms with Gasteiger partial charge in [-0.25, -0.2) is 0 Å². The van der Waals surface area contributed by atoms with Crippen LogP contribution in [0.4, 0.5) is 0 Å². The predicted octanol–water partition coefficient (Wildman–Crippen LogP) is 3.85. The zero-order valence-corrected chi connectivity index (χ0v) is 13.3. The van der Waals surface area contributed by atoms with Crippen LogP contribution in [0.2, 0.25) is 5.02 Å². The molecule has 0 amide bonds. The van der Waals surface area contributed by atoms with Crippen molar-refractivity contribution < 1.29 is 0 Å². The van der Waals surface area contributed by atoms with E-state index in [9.17, 15) is 0 Å². The lowest BCUT2D eigenvalue weighted by atomic mass is 10.0. The maximum absolute atomic E-state index is 6.34. The highest BCUT2D eigenvalue weighted by Gasteiger charge is 2.24. The Kier molecular flexibility index (Phi) is 5.07. The van der Waals surface area contributed by atoms with Gasteiger partial charge in [-0.3, -0.25) is 4.90 Å². The third-order valence-corrected chi connectivity index (χ3v) is 4.64. The lowest BCUT2D eigenvalue weighted by Crippen LogP contribution is -2.45. The van der Waals surface area contributed by atoms with E-state index in [4.69, 9.17) is 11.6 Å². The summed E-state index contributed by atoms with van der Waals surface area (Å²) in [6, 6.07) is 7.15. The number of halogens is 2. The Bertz CT molecular complexity index is 411. The predicted molar refractivity (Wildman–Crippen MR) is 81.2 cm³/mol. The van der Waals surface area contributed by atoms with Crippen LogP contribution in [-0.2, 0) is 0 Å². The molecule has 1 saturated heterocycles. The van der Waals surface area contributed by atoms with E-state index in [-0.39, 0.29) is 0 Å². The van der Waals surface area contributed by atoms with E-state index in [2.05, 4.69) is 45.2 Å². The highest BCUT2D eigenvalue weighted by Crippen LogP contribution is 2.31. The molecule has 2 atom stereocenters. The summed E-state index contributed by atoms with van der Waals surface area (Å²) in [5.41, 5.74) is 1.22. The highest BCUT2D eigenvalue weighted by molar-refractivity contribution is 9.10. The molecule has 1 aliphatic rings. The van der Waals surface area contributed by atoms with E-state index < -0.39 is 0 Å². The molecule has 0 saturated carbocycles. The van der Waals surface area contributed by atoms with E-state index in [1.54, 1.807) is 0 Å². The largest absolute Gasteiger partial charge is 0.316 e. The van der Waals surface area contributed by atoms with Crippen LogP contribution in [0.1, 0.15) is 31.4 Å². The molecule has 1 N–H and O–H groups in total. The van der Waals surface area contributed by atoms with Crippen molar-refractivity contribution in [3.05, 3.63) is 33.3 Å². The lowest BCUT2D eigenvalue weighted by molar-refractivity contribution is 0.149. The number of likely N-dealkylation sites (N-methyl/N-ethyl adjacent to an activating group) is 1. The third kappa shape index (κ3) is 3.27. The van der Waals surface area contributed by atoms with Gasteiger partial charge in [-0.2, -0.15) is 0 Å². The Morgan fingerprint density at radius 1 is 1.50 bits per heavy atom. The summed E-state index contributed by atoms with van der Waals surface area (Å²) < 4.78 is 1.04. The van der Waals surface area contributed by atoms with E-state index in [1.165, 1.54) is 18.4 Å². The van der Waals surface area contributed by atoms with Crippen molar-refractivity contribution >= 4 is 27.5 Å². The second-order valence-electron chi connectivity index (χ2n) is 4.96. The molecule has 1 aliphatic heterocycles. The van der Waals surface area contributed by atoms with Crippen LogP contribution in [0.5, 0.6) is 0 Å². The fourth-order valence-electron chi connectivity index (χ4n) is 2.63. The summed E-state index contributed by atoms with van der Waals surface area (Å²) in [5, 5.41) is 4.23. The quantitative estimate of drug-likeness (QED) is 0.905. The van der Waals surface area contributed by atoms with Gasteiger partial charge in [-0.05, 0) is 51.1 Å². The topological polar surface area (TPSA) is 15.3 Å². The van der Waals surface area contributed by atoms with Gasteiger partial charge < -0.3 is 5.32 Å². The number of rotatable bonds is 3. The van der Waals surface area contributed by atoms with Gasteiger partial charge in [0, 0.05) is 28.1 Å². The summed E-state index contributed by atoms with van der Waals surface area (Å²) in [5.74, 6) is 0. The van der Waals surface area contributed by atoms with Crippen LogP contribution in [0.3, 0.4) is 0 Å². The van der Waals surface area contributed by atoms with Gasteiger partial charge >= 0.3 is 0 Å². The highest BCUT2D eigenvalue weighted by atomic mass is 79.9. The molecule has 100 valence electrons. The molecule has 0 spiro atoms. The van der Waals surface area contributed by atoms with E-state index >= 15 is 0 Å². The van der Waals surface area contributed by atoms with Crippen LogP contribution in [0.25, 0.3) is 0 Å². The maximum Gasteiger partial charge on any atom is 0.0464 e. The molecule has 0 radical (unpaired) electrons. The lowest BCUT2D eigenvalue weighted by Gasteiger charge is -2.37. The van der Waals surface area contributed by atoms with Gasteiger partial charge in [0.25, 0.3) is 0 Å². The molecule has 1 aromatic rings. The summed E-state index contributed by atoms with van der Waals surface area (Å²) in [6.45, 7) is 4.50. The first-order valence-corrected chi connectivity index (χ1v) is 7.65. The zero-order chi connectivity index (χ0) is 13.1. The molecular weight excluding hydrogens is 312 g/mol. The first-order chi connectivity index (χ1) is 8.61. The maximum atomic E-state index is 6.34. The minimum atomic E-state index is 0.377. The fourth-order valence-corrected chi connectivity index (χ4v) is 3.46. The normalized spacial score (nSPS) is 23.0. The summed E-state index contributed by atoms with van der Waals surface area (Å²) in [4.78, 5) is 2.51. The first kappa shape index (κ1) is 14.3. The molecule has 0 aliphatic carbocycles. The SMILES string of the molecule is CNC1CCCN(C(C)c2ccc(Br)cc2Cl)C1. The van der Waals surface area contributed by atoms with Gasteiger partial charge in [-0.15, -0.1) is 0 Å². The number of nitrogens with zero attached hydrogens (tertiary/aromatic N) is 1. The smallest absolute Gasteiger partial charge is 0.0464 e. The summed E-state index contributed by atoms with van der Waals surface area (Å²) in [7, 11) is 2.05. The van der Waals surface area contributed by atoms with Gasteiger partial charge in [-0.1, -0.05) is 33.6 Å². The summed E-state index contributed by atoms with van der Waals surface area (Å²) >= 11 is 9.80. The Hall–Kier alpha value is -0.0900. The second kappa shape index (κ2) is 6.38. The van der Waals surface area contributed by atoms with Crippen molar-refractivity contribution in [2.75, 3.05) is 20.1 Å². The van der Waals surface area contributed by atoms with Crippen molar-refractivity contribution in [3.63, 3.8) is 0 Å². The van der Waals surface area contributed by atoms with Crippen molar-refractivity contribution in [2.24, 2.45) is 0 Å². The molecular formula is C14H20BrClN2. The van der Waals surface area contributed by atoms with Crippen LogP contribution >= 0.6 is 27.5 Å². The average molecular weight is 332 g/mol. The second-order valence-corrected chi connectivity index (χ2v) is 6.29. The molecule has 4 heteroatoms. The molecule has 2 unspecified atom stereocenters. The number of likely N-dealkylation sites (tertiary alicyclic amines) is 1.